The van der Waals surface area contributed by atoms with Gasteiger partial charge in [-0.15, -0.1) is 0 Å². The normalized spacial score (nSPS) is 12.0. The van der Waals surface area contributed by atoms with Crippen molar-refractivity contribution < 1.29 is 28.8 Å². The zero-order valence-electron chi connectivity index (χ0n) is 19.8. The smallest absolute Gasteiger partial charge is 0.361 e. The van der Waals surface area contributed by atoms with E-state index in [2.05, 4.69) is 17.5 Å². The molecule has 33 heavy (non-hydrogen) atoms. The van der Waals surface area contributed by atoms with Crippen LogP contribution in [0, 0.1) is 13.8 Å². The zero-order valence-corrected chi connectivity index (χ0v) is 21.4. The Bertz CT molecular complexity index is 1030. The van der Waals surface area contributed by atoms with E-state index in [4.69, 9.17) is 8.37 Å². The molecule has 2 aromatic rings. The number of aryl methyl sites for hydroxylation is 4. The summed E-state index contributed by atoms with van der Waals surface area (Å²) in [6.45, 7) is 7.91. The molecule has 0 radical (unpaired) electrons. The molecule has 0 unspecified atom stereocenters. The van der Waals surface area contributed by atoms with Crippen molar-refractivity contribution in [2.45, 2.75) is 79.1 Å². The minimum atomic E-state index is -4.93. The summed E-state index contributed by atoms with van der Waals surface area (Å²) in [5.74, 6) is 0.0880. The van der Waals surface area contributed by atoms with Crippen LogP contribution in [0.25, 0.3) is 0 Å². The summed E-state index contributed by atoms with van der Waals surface area (Å²) in [5.41, 5.74) is 3.23. The van der Waals surface area contributed by atoms with Crippen molar-refractivity contribution in [3.05, 3.63) is 58.7 Å². The number of unbranched alkanes of at least 4 members (excludes halogenated alkanes) is 4. The van der Waals surface area contributed by atoms with E-state index in [0.29, 0.717) is 24.0 Å². The van der Waals surface area contributed by atoms with E-state index in [1.165, 1.54) is 12.1 Å². The first-order valence-electron chi connectivity index (χ1n) is 11.3. The van der Waals surface area contributed by atoms with E-state index in [-0.39, 0.29) is 11.5 Å². The highest BCUT2D eigenvalue weighted by Crippen LogP contribution is 2.27. The first-order valence-corrected chi connectivity index (χ1v) is 14.0. The van der Waals surface area contributed by atoms with E-state index in [1.54, 1.807) is 12.1 Å². The molecule has 0 bridgehead atoms. The molecule has 0 fully saturated rings. The molecule has 0 aliphatic rings. The molecule has 0 heterocycles. The SMILES string of the molecule is CCCCCc1cc(C)ccc1OS(=O)(=O)OS(=O)(=O)Oc1ccc(C)cc1CCCCC. The van der Waals surface area contributed by atoms with E-state index in [1.807, 2.05) is 26.0 Å². The van der Waals surface area contributed by atoms with E-state index >= 15 is 0 Å². The van der Waals surface area contributed by atoms with Crippen molar-refractivity contribution in [3.63, 3.8) is 0 Å². The fourth-order valence-corrected chi connectivity index (χ4v) is 5.25. The van der Waals surface area contributed by atoms with Crippen LogP contribution in [-0.4, -0.2) is 16.8 Å². The molecule has 0 aromatic heterocycles. The van der Waals surface area contributed by atoms with Crippen molar-refractivity contribution in [2.75, 3.05) is 0 Å². The molecular formula is C24H34O7S2. The van der Waals surface area contributed by atoms with Gasteiger partial charge in [0.1, 0.15) is 11.5 Å². The summed E-state index contributed by atoms with van der Waals surface area (Å²) in [6.07, 6.45) is 6.91. The minimum Gasteiger partial charge on any atom is -0.361 e. The highest BCUT2D eigenvalue weighted by Gasteiger charge is 2.29. The summed E-state index contributed by atoms with van der Waals surface area (Å²) >= 11 is 0. The second-order valence-electron chi connectivity index (χ2n) is 8.19. The summed E-state index contributed by atoms with van der Waals surface area (Å²) in [5, 5.41) is 0. The third-order valence-corrected chi connectivity index (χ3v) is 7.18. The van der Waals surface area contributed by atoms with Crippen molar-refractivity contribution in [2.24, 2.45) is 0 Å². The van der Waals surface area contributed by atoms with Crippen LogP contribution in [0.4, 0.5) is 0 Å². The topological polar surface area (TPSA) is 96.0 Å². The Labute approximate surface area is 198 Å². The van der Waals surface area contributed by atoms with Gasteiger partial charge in [0, 0.05) is 0 Å². The summed E-state index contributed by atoms with van der Waals surface area (Å²) < 4.78 is 64.1. The van der Waals surface area contributed by atoms with Crippen molar-refractivity contribution in [1.82, 2.24) is 0 Å². The van der Waals surface area contributed by atoms with Crippen molar-refractivity contribution in [3.8, 4) is 11.5 Å². The second kappa shape index (κ2) is 12.4. The van der Waals surface area contributed by atoms with E-state index < -0.39 is 20.8 Å². The van der Waals surface area contributed by atoms with E-state index in [0.717, 1.165) is 49.7 Å². The standard InChI is InChI=1S/C24H34O7S2/c1-5-7-9-11-21-17-19(3)13-15-23(21)29-32(25,26)31-33(27,28)30-24-16-14-20(4)18-22(24)12-10-8-6-2/h13-18H,5-12H2,1-4H3. The van der Waals surface area contributed by atoms with Crippen LogP contribution in [0.2, 0.25) is 0 Å². The number of benzene rings is 2. The maximum atomic E-state index is 12.4. The lowest BCUT2D eigenvalue weighted by molar-refractivity contribution is 0.349. The van der Waals surface area contributed by atoms with E-state index in [9.17, 15) is 16.8 Å². The lowest BCUT2D eigenvalue weighted by Gasteiger charge is -2.14. The molecule has 2 rings (SSSR count). The van der Waals surface area contributed by atoms with Crippen LogP contribution in [0.3, 0.4) is 0 Å². The van der Waals surface area contributed by atoms with Gasteiger partial charge >= 0.3 is 20.8 Å². The van der Waals surface area contributed by atoms with Crippen LogP contribution in [0.15, 0.2) is 36.4 Å². The zero-order chi connectivity index (χ0) is 24.5. The van der Waals surface area contributed by atoms with Crippen LogP contribution >= 0.6 is 0 Å². The molecule has 9 heteroatoms. The number of hydrogen-bond acceptors (Lipinski definition) is 7. The lowest BCUT2D eigenvalue weighted by Crippen LogP contribution is -2.23. The summed E-state index contributed by atoms with van der Waals surface area (Å²) in [7, 11) is -9.87. The minimum absolute atomic E-state index is 0.0440. The second-order valence-corrected chi connectivity index (χ2v) is 10.7. The molecule has 0 N–H and O–H groups in total. The highest BCUT2D eigenvalue weighted by atomic mass is 32.3. The maximum Gasteiger partial charge on any atom is 0.466 e. The molecule has 0 saturated heterocycles. The molecule has 7 nitrogen and oxygen atoms in total. The van der Waals surface area contributed by atoms with Gasteiger partial charge in [-0.3, -0.25) is 0 Å². The van der Waals surface area contributed by atoms with Gasteiger partial charge in [-0.2, -0.15) is 16.8 Å². The largest absolute Gasteiger partial charge is 0.466 e. The van der Waals surface area contributed by atoms with Crippen LogP contribution in [0.1, 0.15) is 74.6 Å². The predicted molar refractivity (Wildman–Crippen MR) is 129 cm³/mol. The predicted octanol–water partition coefficient (Wildman–Crippen LogP) is 5.73. The van der Waals surface area contributed by atoms with Gasteiger partial charge in [-0.05, 0) is 62.8 Å². The Morgan fingerprint density at radius 2 is 1.03 bits per heavy atom. The molecule has 0 atom stereocenters. The Hall–Kier alpha value is -2.10. The molecular weight excluding hydrogens is 464 g/mol. The van der Waals surface area contributed by atoms with Crippen molar-refractivity contribution in [1.29, 1.82) is 0 Å². The molecule has 0 aliphatic carbocycles. The summed E-state index contributed by atoms with van der Waals surface area (Å²) in [4.78, 5) is 0. The van der Waals surface area contributed by atoms with Gasteiger partial charge < -0.3 is 8.37 Å². The first kappa shape index (κ1) is 27.1. The maximum absolute atomic E-state index is 12.4. The van der Waals surface area contributed by atoms with Crippen molar-refractivity contribution >= 4 is 20.8 Å². The Morgan fingerprint density at radius 1 is 0.636 bits per heavy atom. The summed E-state index contributed by atoms with van der Waals surface area (Å²) in [6, 6.07) is 10.0. The molecule has 2 aromatic carbocycles. The average molecular weight is 499 g/mol. The third-order valence-electron chi connectivity index (χ3n) is 5.08. The number of hydrogen-bond donors (Lipinski definition) is 0. The Balaban J connectivity index is 2.17. The van der Waals surface area contributed by atoms with Gasteiger partial charge in [0.25, 0.3) is 0 Å². The molecule has 0 spiro atoms. The quantitative estimate of drug-likeness (QED) is 0.307. The highest BCUT2D eigenvalue weighted by molar-refractivity contribution is 7.95. The van der Waals surface area contributed by atoms with Crippen LogP contribution in [-0.2, 0) is 37.3 Å². The first-order chi connectivity index (χ1) is 15.5. The fourth-order valence-electron chi connectivity index (χ4n) is 3.45. The lowest BCUT2D eigenvalue weighted by atomic mass is 10.0. The third kappa shape index (κ3) is 9.35. The van der Waals surface area contributed by atoms with Gasteiger partial charge in [-0.25, -0.2) is 0 Å². The molecule has 184 valence electrons. The number of rotatable bonds is 14. The average Bonchev–Trinajstić information content (AvgIpc) is 2.71. The van der Waals surface area contributed by atoms with Gasteiger partial charge in [0.2, 0.25) is 0 Å². The monoisotopic (exact) mass is 498 g/mol. The Morgan fingerprint density at radius 3 is 1.39 bits per heavy atom. The van der Waals surface area contributed by atoms with Gasteiger partial charge in [-0.1, -0.05) is 78.6 Å². The molecule has 0 saturated carbocycles. The van der Waals surface area contributed by atoms with Gasteiger partial charge in [0.15, 0.2) is 0 Å². The Kier molecular flexibility index (Phi) is 10.2. The molecule has 0 aliphatic heterocycles. The fraction of sp³-hybridized carbons (Fsp3) is 0.500. The van der Waals surface area contributed by atoms with Gasteiger partial charge in [0.05, 0.1) is 0 Å². The molecule has 0 amide bonds. The van der Waals surface area contributed by atoms with Crippen LogP contribution < -0.4 is 8.37 Å². The van der Waals surface area contributed by atoms with Crippen LogP contribution in [0.5, 0.6) is 11.5 Å².